The molecule has 1 fully saturated rings. The Balaban J connectivity index is 1.90. The number of benzene rings is 1. The number of nitrogens with two attached hydrogens (primary N) is 1. The summed E-state index contributed by atoms with van der Waals surface area (Å²) < 4.78 is 24.4. The Bertz CT molecular complexity index is 642. The highest BCUT2D eigenvalue weighted by Gasteiger charge is 2.29. The van der Waals surface area contributed by atoms with Gasteiger partial charge in [-0.05, 0) is 37.6 Å². The van der Waals surface area contributed by atoms with Gasteiger partial charge in [0, 0.05) is 17.5 Å². The Kier molecular flexibility index (Phi) is 3.56. The molecule has 2 aliphatic rings. The molecule has 5 heteroatoms. The minimum absolute atomic E-state index is 0.296. The van der Waals surface area contributed by atoms with Gasteiger partial charge in [-0.3, -0.25) is 4.90 Å². The second-order valence-electron chi connectivity index (χ2n) is 5.60. The number of nitrogen functional groups attached to an aromatic ring is 1. The van der Waals surface area contributed by atoms with Crippen LogP contribution in [0.2, 0.25) is 0 Å². The van der Waals surface area contributed by atoms with Crippen molar-refractivity contribution in [1.29, 1.82) is 0 Å². The van der Waals surface area contributed by atoms with Crippen molar-refractivity contribution in [3.05, 3.63) is 29.2 Å². The summed E-state index contributed by atoms with van der Waals surface area (Å²) >= 11 is 0. The highest BCUT2D eigenvalue weighted by molar-refractivity contribution is 7.95. The third kappa shape index (κ3) is 2.47. The maximum absolute atomic E-state index is 12.2. The average molecular weight is 292 g/mol. The van der Waals surface area contributed by atoms with E-state index in [0.717, 1.165) is 24.2 Å². The highest BCUT2D eigenvalue weighted by atomic mass is 32.2. The summed E-state index contributed by atoms with van der Waals surface area (Å²) in [7, 11) is -3.36. The molecule has 4 nitrogen and oxygen atoms in total. The van der Waals surface area contributed by atoms with E-state index in [-0.39, 0.29) is 0 Å². The zero-order valence-corrected chi connectivity index (χ0v) is 12.3. The van der Waals surface area contributed by atoms with Crippen molar-refractivity contribution in [3.63, 3.8) is 0 Å². The molecule has 2 heterocycles. The van der Waals surface area contributed by atoms with Gasteiger partial charge in [-0.2, -0.15) is 0 Å². The molecule has 0 aliphatic carbocycles. The van der Waals surface area contributed by atoms with Gasteiger partial charge in [0.2, 0.25) is 9.84 Å². The minimum Gasteiger partial charge on any atom is -0.398 e. The van der Waals surface area contributed by atoms with Crippen molar-refractivity contribution in [2.75, 3.05) is 25.4 Å². The van der Waals surface area contributed by atoms with E-state index in [1.807, 2.05) is 12.1 Å². The van der Waals surface area contributed by atoms with Gasteiger partial charge in [-0.25, -0.2) is 8.42 Å². The lowest BCUT2D eigenvalue weighted by Crippen LogP contribution is -2.26. The molecule has 2 N–H and O–H groups in total. The Morgan fingerprint density at radius 3 is 2.50 bits per heavy atom. The predicted molar refractivity (Wildman–Crippen MR) is 80.9 cm³/mol. The highest BCUT2D eigenvalue weighted by Crippen LogP contribution is 2.37. The van der Waals surface area contributed by atoms with Crippen molar-refractivity contribution in [1.82, 2.24) is 4.90 Å². The molecule has 108 valence electrons. The monoisotopic (exact) mass is 292 g/mol. The molecule has 0 radical (unpaired) electrons. The van der Waals surface area contributed by atoms with E-state index < -0.39 is 9.84 Å². The van der Waals surface area contributed by atoms with Crippen LogP contribution in [0, 0.1) is 0 Å². The maximum Gasteiger partial charge on any atom is 0.202 e. The molecule has 0 amide bonds. The first kappa shape index (κ1) is 13.6. The molecule has 0 atom stereocenters. The Labute approximate surface area is 120 Å². The van der Waals surface area contributed by atoms with Gasteiger partial charge in [0.1, 0.15) is 4.90 Å². The Morgan fingerprint density at radius 1 is 1.10 bits per heavy atom. The fraction of sp³-hybridized carbons (Fsp3) is 0.467. The van der Waals surface area contributed by atoms with E-state index >= 15 is 0 Å². The third-order valence-corrected chi connectivity index (χ3v) is 5.69. The van der Waals surface area contributed by atoms with Crippen molar-refractivity contribution in [2.45, 2.75) is 30.6 Å². The van der Waals surface area contributed by atoms with Crippen molar-refractivity contribution < 1.29 is 8.42 Å². The smallest absolute Gasteiger partial charge is 0.202 e. The minimum atomic E-state index is -3.36. The van der Waals surface area contributed by atoms with Crippen LogP contribution in [0.15, 0.2) is 28.5 Å². The van der Waals surface area contributed by atoms with E-state index in [1.165, 1.54) is 31.1 Å². The topological polar surface area (TPSA) is 63.4 Å². The number of sulfone groups is 1. The second kappa shape index (κ2) is 5.22. The van der Waals surface area contributed by atoms with Crippen molar-refractivity contribution in [3.8, 4) is 0 Å². The molecule has 2 aliphatic heterocycles. The van der Waals surface area contributed by atoms with Crippen molar-refractivity contribution in [2.24, 2.45) is 0 Å². The molecule has 0 saturated carbocycles. The molecule has 20 heavy (non-hydrogen) atoms. The quantitative estimate of drug-likeness (QED) is 0.849. The fourth-order valence-corrected chi connectivity index (χ4v) is 4.69. The van der Waals surface area contributed by atoms with Crippen LogP contribution >= 0.6 is 0 Å². The first-order valence-corrected chi connectivity index (χ1v) is 8.69. The molecule has 3 rings (SSSR count). The predicted octanol–water partition coefficient (Wildman–Crippen LogP) is 2.27. The van der Waals surface area contributed by atoms with Gasteiger partial charge >= 0.3 is 0 Å². The number of rotatable bonds is 2. The van der Waals surface area contributed by atoms with E-state index in [4.69, 9.17) is 5.73 Å². The van der Waals surface area contributed by atoms with Crippen LogP contribution in [-0.2, 0) is 9.84 Å². The summed E-state index contributed by atoms with van der Waals surface area (Å²) in [5.41, 5.74) is 7.86. The molecular weight excluding hydrogens is 272 g/mol. The normalized spacial score (nSPS) is 22.1. The van der Waals surface area contributed by atoms with Crippen molar-refractivity contribution >= 4 is 21.1 Å². The van der Waals surface area contributed by atoms with Crippen LogP contribution in [0.3, 0.4) is 0 Å². The number of anilines is 1. The van der Waals surface area contributed by atoms with Gasteiger partial charge in [0.15, 0.2) is 0 Å². The first-order chi connectivity index (χ1) is 9.58. The maximum atomic E-state index is 12.2. The lowest BCUT2D eigenvalue weighted by atomic mass is 10.1. The summed E-state index contributed by atoms with van der Waals surface area (Å²) in [6.45, 7) is 2.81. The second-order valence-corrected chi connectivity index (χ2v) is 7.34. The van der Waals surface area contributed by atoms with Gasteiger partial charge in [0.25, 0.3) is 0 Å². The van der Waals surface area contributed by atoms with Crippen LogP contribution in [0.1, 0.15) is 31.2 Å². The van der Waals surface area contributed by atoms with Crippen LogP contribution in [0.25, 0.3) is 5.57 Å². The number of fused-ring (bicyclic) bond motifs is 1. The molecule has 1 aromatic carbocycles. The lowest BCUT2D eigenvalue weighted by Gasteiger charge is -2.20. The Morgan fingerprint density at radius 2 is 1.80 bits per heavy atom. The molecule has 0 aromatic heterocycles. The van der Waals surface area contributed by atoms with E-state index in [2.05, 4.69) is 4.90 Å². The molecular formula is C15H20N2O2S. The average Bonchev–Trinajstić information content (AvgIpc) is 2.57. The van der Waals surface area contributed by atoms with Gasteiger partial charge in [-0.1, -0.05) is 25.0 Å². The summed E-state index contributed by atoms with van der Waals surface area (Å²) in [6, 6.07) is 5.34. The number of nitrogens with zero attached hydrogens (tertiary/aromatic N) is 1. The number of hydrogen-bond donors (Lipinski definition) is 1. The molecule has 0 unspecified atom stereocenters. The zero-order valence-electron chi connectivity index (χ0n) is 11.5. The lowest BCUT2D eigenvalue weighted by molar-refractivity contribution is 0.320. The van der Waals surface area contributed by atoms with Crippen LogP contribution in [0.5, 0.6) is 0 Å². The summed E-state index contributed by atoms with van der Waals surface area (Å²) in [4.78, 5) is 2.65. The van der Waals surface area contributed by atoms with Crippen LogP contribution < -0.4 is 5.73 Å². The summed E-state index contributed by atoms with van der Waals surface area (Å²) in [5.74, 6) is 0. The first-order valence-electron chi connectivity index (χ1n) is 7.15. The summed E-state index contributed by atoms with van der Waals surface area (Å²) in [6.07, 6.45) is 4.95. The van der Waals surface area contributed by atoms with E-state index in [1.54, 1.807) is 6.07 Å². The van der Waals surface area contributed by atoms with Gasteiger partial charge < -0.3 is 5.73 Å². The molecule has 0 spiro atoms. The SMILES string of the molecule is Nc1cccc2c1S(=O)(=O)C=C2CN1CCCCCC1. The summed E-state index contributed by atoms with van der Waals surface area (Å²) in [5, 5.41) is 1.40. The molecule has 1 aromatic rings. The van der Waals surface area contributed by atoms with Crippen LogP contribution in [0.4, 0.5) is 5.69 Å². The van der Waals surface area contributed by atoms with Gasteiger partial charge in [0.05, 0.1) is 5.69 Å². The Hall–Kier alpha value is -1.33. The zero-order chi connectivity index (χ0) is 14.2. The third-order valence-electron chi connectivity index (χ3n) is 4.07. The number of hydrogen-bond acceptors (Lipinski definition) is 4. The largest absolute Gasteiger partial charge is 0.398 e. The molecule has 1 saturated heterocycles. The fourth-order valence-electron chi connectivity index (χ4n) is 3.09. The molecule has 0 bridgehead atoms. The van der Waals surface area contributed by atoms with E-state index in [9.17, 15) is 8.42 Å². The standard InChI is InChI=1S/C15H20N2O2S/c16-14-7-5-6-13-12(11-20(18,19)15(13)14)10-17-8-3-1-2-4-9-17/h5-7,11H,1-4,8-10,16H2. The van der Waals surface area contributed by atoms with Crippen LogP contribution in [-0.4, -0.2) is 33.0 Å². The van der Waals surface area contributed by atoms with Gasteiger partial charge in [-0.15, -0.1) is 0 Å². The number of likely N-dealkylation sites (tertiary alicyclic amines) is 1. The van der Waals surface area contributed by atoms with E-state index in [0.29, 0.717) is 17.1 Å².